The van der Waals surface area contributed by atoms with E-state index in [1.54, 1.807) is 7.11 Å². The Balaban J connectivity index is 1.42. The topological polar surface area (TPSA) is 73.9 Å². The third kappa shape index (κ3) is 5.02. The van der Waals surface area contributed by atoms with Crippen molar-refractivity contribution >= 4 is 11.8 Å². The van der Waals surface area contributed by atoms with Crippen molar-refractivity contribution in [3.8, 4) is 28.4 Å². The Labute approximate surface area is 179 Å². The van der Waals surface area contributed by atoms with E-state index in [-0.39, 0.29) is 17.3 Å². The molecule has 0 fully saturated rings. The van der Waals surface area contributed by atoms with Crippen LogP contribution < -0.4 is 4.74 Å². The number of hydrogen-bond donors (Lipinski definition) is 0. The molecule has 0 atom stereocenters. The van der Waals surface area contributed by atoms with E-state index in [1.807, 2.05) is 36.4 Å². The summed E-state index contributed by atoms with van der Waals surface area (Å²) in [4.78, 5) is 4.17. The number of methoxy groups -OCH3 is 1. The highest BCUT2D eigenvalue weighted by molar-refractivity contribution is 7.98. The first-order valence-corrected chi connectivity index (χ1v) is 10.0. The molecule has 0 bridgehead atoms. The third-order valence-corrected chi connectivity index (χ3v) is 5.17. The van der Waals surface area contributed by atoms with E-state index in [2.05, 4.69) is 20.3 Å². The van der Waals surface area contributed by atoms with E-state index in [4.69, 9.17) is 9.26 Å². The van der Waals surface area contributed by atoms with Gasteiger partial charge in [-0.2, -0.15) is 18.2 Å². The van der Waals surface area contributed by atoms with Crippen molar-refractivity contribution < 1.29 is 22.4 Å². The summed E-state index contributed by atoms with van der Waals surface area (Å²) in [6.07, 6.45) is -4.44. The van der Waals surface area contributed by atoms with Crippen molar-refractivity contribution in [2.24, 2.45) is 0 Å². The molecule has 0 saturated heterocycles. The zero-order valence-corrected chi connectivity index (χ0v) is 16.9. The first kappa shape index (κ1) is 20.9. The van der Waals surface area contributed by atoms with E-state index < -0.39 is 11.7 Å². The summed E-state index contributed by atoms with van der Waals surface area (Å²) < 4.78 is 49.0. The Morgan fingerprint density at radius 1 is 0.968 bits per heavy atom. The molecular weight excluding hydrogens is 429 g/mol. The molecule has 158 valence electrons. The lowest BCUT2D eigenvalue weighted by Crippen LogP contribution is -2.04. The van der Waals surface area contributed by atoms with Crippen LogP contribution in [0, 0.1) is 0 Å². The van der Waals surface area contributed by atoms with Crippen LogP contribution in [0.3, 0.4) is 0 Å². The minimum Gasteiger partial charge on any atom is -0.497 e. The highest BCUT2D eigenvalue weighted by Crippen LogP contribution is 2.32. The molecule has 0 aliphatic heterocycles. The largest absolute Gasteiger partial charge is 0.497 e. The van der Waals surface area contributed by atoms with Crippen LogP contribution in [0.2, 0.25) is 0 Å². The van der Waals surface area contributed by atoms with Crippen LogP contribution in [0.25, 0.3) is 22.6 Å². The summed E-state index contributed by atoms with van der Waals surface area (Å²) in [6, 6.07) is 15.9. The highest BCUT2D eigenvalue weighted by atomic mass is 32.2. The summed E-state index contributed by atoms with van der Waals surface area (Å²) in [7, 11) is 1.60. The van der Waals surface area contributed by atoms with Crippen LogP contribution in [0.5, 0.6) is 5.75 Å². The minimum absolute atomic E-state index is 0.0983. The number of thioether (sulfide) groups is 1. The summed E-state index contributed by atoms with van der Waals surface area (Å²) in [5.41, 5.74) is 1.05. The number of rotatable bonds is 6. The van der Waals surface area contributed by atoms with Gasteiger partial charge >= 0.3 is 6.18 Å². The monoisotopic (exact) mass is 444 g/mol. The predicted octanol–water partition coefficient (Wildman–Crippen LogP) is 5.51. The van der Waals surface area contributed by atoms with E-state index >= 15 is 0 Å². The van der Waals surface area contributed by atoms with Crippen LogP contribution in [0.1, 0.15) is 11.5 Å². The van der Waals surface area contributed by atoms with Crippen LogP contribution >= 0.6 is 11.8 Å². The molecular formula is C21H15F3N4O2S. The van der Waals surface area contributed by atoms with Crippen molar-refractivity contribution in [3.05, 3.63) is 72.1 Å². The maximum atomic E-state index is 12.9. The van der Waals surface area contributed by atoms with E-state index in [9.17, 15) is 13.2 Å². The van der Waals surface area contributed by atoms with Crippen molar-refractivity contribution in [2.45, 2.75) is 17.0 Å². The molecule has 6 nitrogen and oxygen atoms in total. The second kappa shape index (κ2) is 8.76. The Kier molecular flexibility index (Phi) is 5.90. The lowest BCUT2D eigenvalue weighted by Gasteiger charge is -2.06. The van der Waals surface area contributed by atoms with Crippen molar-refractivity contribution in [1.82, 2.24) is 20.3 Å². The summed E-state index contributed by atoms with van der Waals surface area (Å²) in [5.74, 6) is 1.40. The molecule has 2 aromatic heterocycles. The van der Waals surface area contributed by atoms with Gasteiger partial charge in [0.25, 0.3) is 0 Å². The van der Waals surface area contributed by atoms with E-state index in [0.717, 1.165) is 23.4 Å². The Morgan fingerprint density at radius 2 is 1.77 bits per heavy atom. The molecule has 0 radical (unpaired) electrons. The fourth-order valence-corrected chi connectivity index (χ4v) is 3.39. The van der Waals surface area contributed by atoms with Gasteiger partial charge in [0.15, 0.2) is 0 Å². The minimum atomic E-state index is -4.44. The molecule has 31 heavy (non-hydrogen) atoms. The van der Waals surface area contributed by atoms with Gasteiger partial charge in [0.05, 0.1) is 24.1 Å². The molecule has 0 saturated carbocycles. The summed E-state index contributed by atoms with van der Waals surface area (Å²) in [6.45, 7) is 0. The fourth-order valence-electron chi connectivity index (χ4n) is 2.73. The highest BCUT2D eigenvalue weighted by Gasteiger charge is 2.30. The lowest BCUT2D eigenvalue weighted by molar-refractivity contribution is -0.137. The van der Waals surface area contributed by atoms with Gasteiger partial charge < -0.3 is 9.26 Å². The lowest BCUT2D eigenvalue weighted by atomic mass is 10.1. The van der Waals surface area contributed by atoms with Crippen LogP contribution in [-0.2, 0) is 11.9 Å². The SMILES string of the molecule is COc1cccc(-c2ccc(SCc3nc(-c4cccc(C(F)(F)F)c4)no3)nn2)c1. The normalized spacial score (nSPS) is 11.5. The van der Waals surface area contributed by atoms with Gasteiger partial charge in [-0.05, 0) is 36.4 Å². The molecule has 10 heteroatoms. The molecule has 0 unspecified atom stereocenters. The fraction of sp³-hybridized carbons (Fsp3) is 0.143. The molecule has 0 aliphatic rings. The zero-order chi connectivity index (χ0) is 21.8. The second-order valence-corrected chi connectivity index (χ2v) is 7.36. The number of alkyl halides is 3. The summed E-state index contributed by atoms with van der Waals surface area (Å²) in [5, 5.41) is 12.8. The third-order valence-electron chi connectivity index (χ3n) is 4.27. The van der Waals surface area contributed by atoms with Crippen LogP contribution in [0.4, 0.5) is 13.2 Å². The van der Waals surface area contributed by atoms with Crippen molar-refractivity contribution in [3.63, 3.8) is 0 Å². The first-order valence-electron chi connectivity index (χ1n) is 9.03. The van der Waals surface area contributed by atoms with Crippen LogP contribution in [-0.4, -0.2) is 27.4 Å². The molecule has 0 aliphatic carbocycles. The molecule has 2 aromatic carbocycles. The average molecular weight is 444 g/mol. The average Bonchev–Trinajstić information content (AvgIpc) is 3.27. The summed E-state index contributed by atoms with van der Waals surface area (Å²) >= 11 is 1.33. The molecule has 2 heterocycles. The molecule has 4 aromatic rings. The number of aromatic nitrogens is 4. The van der Waals surface area contributed by atoms with Gasteiger partial charge in [-0.25, -0.2) is 0 Å². The standard InChI is InChI=1S/C21H15F3N4O2S/c1-29-16-7-3-4-13(11-16)17-8-9-19(27-26-17)31-12-18-25-20(28-30-18)14-5-2-6-15(10-14)21(22,23)24/h2-11H,12H2,1H3. The number of benzene rings is 2. The Bertz CT molecular complexity index is 1180. The molecule has 4 rings (SSSR count). The second-order valence-electron chi connectivity index (χ2n) is 6.37. The maximum Gasteiger partial charge on any atom is 0.416 e. The van der Waals surface area contributed by atoms with Gasteiger partial charge in [-0.1, -0.05) is 41.2 Å². The Morgan fingerprint density at radius 3 is 2.52 bits per heavy atom. The number of nitrogens with zero attached hydrogens (tertiary/aromatic N) is 4. The molecule has 0 N–H and O–H groups in total. The van der Waals surface area contributed by atoms with Gasteiger partial charge in [0.1, 0.15) is 10.8 Å². The van der Waals surface area contributed by atoms with E-state index in [0.29, 0.717) is 16.5 Å². The van der Waals surface area contributed by atoms with Crippen molar-refractivity contribution in [2.75, 3.05) is 7.11 Å². The van der Waals surface area contributed by atoms with E-state index in [1.165, 1.54) is 23.9 Å². The number of halogens is 3. The van der Waals surface area contributed by atoms with Gasteiger partial charge in [-0.3, -0.25) is 0 Å². The number of hydrogen-bond acceptors (Lipinski definition) is 7. The first-order chi connectivity index (χ1) is 14.9. The number of ether oxygens (including phenoxy) is 1. The van der Waals surface area contributed by atoms with Gasteiger partial charge in [0.2, 0.25) is 11.7 Å². The molecule has 0 amide bonds. The van der Waals surface area contributed by atoms with Crippen LogP contribution in [0.15, 0.2) is 70.2 Å². The van der Waals surface area contributed by atoms with Crippen molar-refractivity contribution in [1.29, 1.82) is 0 Å². The maximum absolute atomic E-state index is 12.9. The zero-order valence-electron chi connectivity index (χ0n) is 16.1. The quantitative estimate of drug-likeness (QED) is 0.363. The van der Waals surface area contributed by atoms with Gasteiger partial charge in [0, 0.05) is 11.1 Å². The smallest absolute Gasteiger partial charge is 0.416 e. The molecule has 0 spiro atoms. The predicted molar refractivity (Wildman–Crippen MR) is 108 cm³/mol. The Hall–Kier alpha value is -3.40. The van der Waals surface area contributed by atoms with Gasteiger partial charge in [-0.15, -0.1) is 10.2 Å².